The third-order valence-electron chi connectivity index (χ3n) is 12.0. The molecule has 12 nitrogen and oxygen atoms in total. The van der Waals surface area contributed by atoms with E-state index in [1.807, 2.05) is 37.8 Å². The molecule has 6 rings (SSSR count). The number of benzene rings is 2. The SMILES string of the molecule is C#C.CC[C@H]1OC(=O)[C@H](C)C[C@H](C)[C@@H](O)C2(O)CC(CN(CCCNC(=O)Cc3c(C)n(C(=O)c4ccc(Cl)cc4)c4ccc(OC)cc34)[C@H](C)[C@@H](O)[C@]1(C)O)C2. The number of esters is 1. The predicted octanol–water partition coefficient (Wildman–Crippen LogP) is 4.90. The number of aromatic nitrogens is 1. The molecule has 0 spiro atoms. The number of amides is 1. The average Bonchev–Trinajstić information content (AvgIpc) is 3.45. The lowest BCUT2D eigenvalue weighted by molar-refractivity contribution is -0.190. The van der Waals surface area contributed by atoms with Gasteiger partial charge < -0.3 is 35.2 Å². The first-order chi connectivity index (χ1) is 26.9. The zero-order valence-electron chi connectivity index (χ0n) is 34.2. The van der Waals surface area contributed by atoms with Gasteiger partial charge in [0.25, 0.3) is 5.91 Å². The smallest absolute Gasteiger partial charge is 0.309 e. The van der Waals surface area contributed by atoms with Gasteiger partial charge in [0, 0.05) is 47.3 Å². The maximum Gasteiger partial charge on any atom is 0.309 e. The molecule has 2 aliphatic heterocycles. The second kappa shape index (κ2) is 19.2. The van der Waals surface area contributed by atoms with Crippen molar-refractivity contribution in [3.63, 3.8) is 0 Å². The van der Waals surface area contributed by atoms with E-state index < -0.39 is 47.4 Å². The van der Waals surface area contributed by atoms with Crippen LogP contribution in [0.2, 0.25) is 5.02 Å². The van der Waals surface area contributed by atoms with Crippen LogP contribution in [0.4, 0.5) is 0 Å². The fourth-order valence-corrected chi connectivity index (χ4v) is 8.82. The Morgan fingerprint density at radius 2 is 1.70 bits per heavy atom. The number of nitrogens with zero attached hydrogens (tertiary/aromatic N) is 2. The molecule has 1 saturated carbocycles. The van der Waals surface area contributed by atoms with Gasteiger partial charge in [-0.2, -0.15) is 0 Å². The number of carbonyl (C=O) groups is 3. The normalized spacial score (nSPS) is 29.8. The summed E-state index contributed by atoms with van der Waals surface area (Å²) in [4.78, 5) is 42.3. The monoisotopic (exact) mass is 809 g/mol. The number of rotatable bonds is 9. The fourth-order valence-electron chi connectivity index (χ4n) is 8.70. The van der Waals surface area contributed by atoms with E-state index in [0.29, 0.717) is 78.4 Å². The topological polar surface area (TPSA) is 171 Å². The minimum absolute atomic E-state index is 0.0231. The molecular weight excluding hydrogens is 750 g/mol. The predicted molar refractivity (Wildman–Crippen MR) is 220 cm³/mol. The number of halogens is 1. The molecule has 3 aliphatic rings. The van der Waals surface area contributed by atoms with Gasteiger partial charge in [-0.1, -0.05) is 32.4 Å². The maximum atomic E-state index is 13.7. The molecule has 1 amide bonds. The third-order valence-corrected chi connectivity index (χ3v) is 12.3. The first kappa shape index (κ1) is 45.7. The van der Waals surface area contributed by atoms with Crippen molar-refractivity contribution >= 4 is 40.3 Å². The van der Waals surface area contributed by atoms with Crippen molar-refractivity contribution in [2.75, 3.05) is 26.7 Å². The van der Waals surface area contributed by atoms with Crippen LogP contribution >= 0.6 is 11.6 Å². The standard InChI is InChI=1S/C42H58ClN3O9.C2H2/c1-8-35-41(6,52)38(49)27(5)45(23-28-21-42(53,22-28)37(48)24(2)18-25(3)40(51)55-35)17-9-16-44-36(47)20-32-26(4)46(34-15-14-31(54-7)19-33(32)34)39(50)29-10-12-30(43)13-11-29;1-2/h10-15,19,24-25,27-28,35,37-38,48-49,52-53H,8-9,16-18,20-23H2,1-7H3,(H,44,47);1-2H/t24-,25+,27+,28?,35+,37+,38+,41+,42?;/m0./s1. The molecular formula is C44H60ClN3O9. The number of methoxy groups -OCH3 is 1. The number of aliphatic hydroxyl groups excluding tert-OH is 2. The molecule has 3 fully saturated rings. The summed E-state index contributed by atoms with van der Waals surface area (Å²) < 4.78 is 12.9. The molecule has 0 unspecified atom stereocenters. The van der Waals surface area contributed by atoms with E-state index in [4.69, 9.17) is 21.1 Å². The molecule has 2 saturated heterocycles. The van der Waals surface area contributed by atoms with Gasteiger partial charge in [-0.3, -0.25) is 23.9 Å². The summed E-state index contributed by atoms with van der Waals surface area (Å²) in [6, 6.07) is 11.5. The molecule has 3 aromatic rings. The molecule has 5 N–H and O–H groups in total. The Bertz CT molecular complexity index is 1880. The molecule has 1 aliphatic carbocycles. The van der Waals surface area contributed by atoms with Gasteiger partial charge in [-0.15, -0.1) is 12.8 Å². The van der Waals surface area contributed by atoms with Crippen LogP contribution < -0.4 is 10.1 Å². The number of hydrogen-bond donors (Lipinski definition) is 5. The molecule has 2 bridgehead atoms. The minimum Gasteiger partial charge on any atom is -0.497 e. The quantitative estimate of drug-likeness (QED) is 0.114. The number of ether oxygens (including phenoxy) is 2. The van der Waals surface area contributed by atoms with Crippen LogP contribution in [0, 0.1) is 37.5 Å². The van der Waals surface area contributed by atoms with E-state index in [-0.39, 0.29) is 36.5 Å². The van der Waals surface area contributed by atoms with Crippen molar-refractivity contribution in [2.45, 2.75) is 116 Å². The van der Waals surface area contributed by atoms with Gasteiger partial charge in [-0.25, -0.2) is 0 Å². The van der Waals surface area contributed by atoms with E-state index in [9.17, 15) is 34.8 Å². The zero-order valence-corrected chi connectivity index (χ0v) is 35.0. The summed E-state index contributed by atoms with van der Waals surface area (Å²) in [5.74, 6) is -1.33. The first-order valence-electron chi connectivity index (χ1n) is 19.7. The number of terminal acetylenes is 1. The summed E-state index contributed by atoms with van der Waals surface area (Å²) >= 11 is 6.07. The average molecular weight is 810 g/mol. The second-order valence-corrected chi connectivity index (χ2v) is 16.6. The van der Waals surface area contributed by atoms with Gasteiger partial charge in [0.15, 0.2) is 0 Å². The highest BCUT2D eigenvalue weighted by atomic mass is 35.5. The lowest BCUT2D eigenvalue weighted by atomic mass is 9.64. The Morgan fingerprint density at radius 1 is 1.05 bits per heavy atom. The molecule has 7 atom stereocenters. The number of fused-ring (bicyclic) bond motifs is 12. The Labute approximate surface area is 341 Å². The van der Waals surface area contributed by atoms with E-state index in [2.05, 4.69) is 18.2 Å². The maximum absolute atomic E-state index is 13.7. The lowest BCUT2D eigenvalue weighted by Gasteiger charge is -2.50. The number of hydrogen-bond acceptors (Lipinski definition) is 10. The summed E-state index contributed by atoms with van der Waals surface area (Å²) in [6.07, 6.45) is 6.55. The fraction of sp³-hybridized carbons (Fsp3) is 0.568. The van der Waals surface area contributed by atoms with E-state index in [1.165, 1.54) is 6.92 Å². The summed E-state index contributed by atoms with van der Waals surface area (Å²) in [7, 11) is 1.56. The van der Waals surface area contributed by atoms with Crippen LogP contribution in [-0.4, -0.2) is 110 Å². The lowest BCUT2D eigenvalue weighted by Crippen LogP contribution is -2.61. The Hall–Kier alpha value is -3.96. The van der Waals surface area contributed by atoms with E-state index in [1.54, 1.807) is 55.9 Å². The highest BCUT2D eigenvalue weighted by molar-refractivity contribution is 6.30. The van der Waals surface area contributed by atoms with Crippen LogP contribution in [0.25, 0.3) is 10.9 Å². The summed E-state index contributed by atoms with van der Waals surface area (Å²) in [5, 5.41) is 50.0. The van der Waals surface area contributed by atoms with Crippen molar-refractivity contribution in [1.82, 2.24) is 14.8 Å². The summed E-state index contributed by atoms with van der Waals surface area (Å²) in [6.45, 7) is 11.7. The van der Waals surface area contributed by atoms with E-state index in [0.717, 1.165) is 5.39 Å². The molecule has 57 heavy (non-hydrogen) atoms. The minimum atomic E-state index is -1.77. The Balaban J connectivity index is 0.00000354. The largest absolute Gasteiger partial charge is 0.497 e. The molecule has 0 radical (unpaired) electrons. The van der Waals surface area contributed by atoms with Crippen LogP contribution in [0.1, 0.15) is 88.3 Å². The van der Waals surface area contributed by atoms with Crippen molar-refractivity contribution < 1.29 is 44.3 Å². The highest BCUT2D eigenvalue weighted by Crippen LogP contribution is 2.44. The molecule has 13 heteroatoms. The molecule has 2 aromatic carbocycles. The first-order valence-corrected chi connectivity index (χ1v) is 20.1. The molecule has 1 aromatic heterocycles. The number of carbonyl (C=O) groups excluding carboxylic acids is 3. The van der Waals surface area contributed by atoms with Crippen LogP contribution in [0.3, 0.4) is 0 Å². The van der Waals surface area contributed by atoms with Gasteiger partial charge >= 0.3 is 5.97 Å². The highest BCUT2D eigenvalue weighted by Gasteiger charge is 2.52. The third kappa shape index (κ3) is 10.0. The van der Waals surface area contributed by atoms with Crippen molar-refractivity contribution in [3.8, 4) is 18.6 Å². The second-order valence-electron chi connectivity index (χ2n) is 16.2. The number of nitrogens with one attached hydrogen (secondary N) is 1. The van der Waals surface area contributed by atoms with Crippen molar-refractivity contribution in [3.05, 3.63) is 64.3 Å². The van der Waals surface area contributed by atoms with Crippen LogP contribution in [0.5, 0.6) is 5.75 Å². The molecule has 3 heterocycles. The van der Waals surface area contributed by atoms with Gasteiger partial charge in [-0.05, 0) is 113 Å². The van der Waals surface area contributed by atoms with E-state index >= 15 is 0 Å². The number of aliphatic hydroxyl groups is 4. The van der Waals surface area contributed by atoms with Gasteiger partial charge in [0.2, 0.25) is 5.91 Å². The van der Waals surface area contributed by atoms with Crippen LogP contribution in [-0.2, 0) is 20.7 Å². The molecule has 312 valence electrons. The van der Waals surface area contributed by atoms with Crippen molar-refractivity contribution in [1.29, 1.82) is 0 Å². The van der Waals surface area contributed by atoms with Gasteiger partial charge in [0.1, 0.15) is 23.6 Å². The zero-order chi connectivity index (χ0) is 42.4. The Kier molecular flexibility index (Phi) is 15.4. The van der Waals surface area contributed by atoms with Gasteiger partial charge in [0.05, 0.1) is 36.7 Å². The Morgan fingerprint density at radius 3 is 2.32 bits per heavy atom. The van der Waals surface area contributed by atoms with Crippen molar-refractivity contribution in [2.24, 2.45) is 17.8 Å². The summed E-state index contributed by atoms with van der Waals surface area (Å²) in [5.41, 5.74) is -0.596. The van der Waals surface area contributed by atoms with Crippen LogP contribution in [0.15, 0.2) is 42.5 Å².